The van der Waals surface area contributed by atoms with E-state index in [1.54, 1.807) is 17.0 Å². The number of alkyl halides is 3. The van der Waals surface area contributed by atoms with E-state index in [9.17, 15) is 22.8 Å². The van der Waals surface area contributed by atoms with E-state index in [1.165, 1.54) is 29.4 Å². The van der Waals surface area contributed by atoms with Gasteiger partial charge in [0.2, 0.25) is 5.91 Å². The zero-order chi connectivity index (χ0) is 25.4. The van der Waals surface area contributed by atoms with Gasteiger partial charge in [0.25, 0.3) is 0 Å². The fourth-order valence-corrected chi connectivity index (χ4v) is 3.58. The van der Waals surface area contributed by atoms with Crippen molar-refractivity contribution in [2.45, 2.75) is 39.0 Å². The van der Waals surface area contributed by atoms with E-state index in [1.807, 2.05) is 36.9 Å². The summed E-state index contributed by atoms with van der Waals surface area (Å²) in [5.41, 5.74) is -0.415. The van der Waals surface area contributed by atoms with Gasteiger partial charge in [-0.05, 0) is 42.8 Å². The number of halogens is 3. The van der Waals surface area contributed by atoms with Gasteiger partial charge < -0.3 is 24.1 Å². The lowest BCUT2D eigenvalue weighted by Crippen LogP contribution is -2.44. The molecule has 0 bridgehead atoms. The SMILES string of the molecule is CCCCN(CC(=O)N(Cc1ccco1)Cc1cccn1C)C(=O)Nc1ccccc1C(F)(F)F. The standard InChI is InChI=1S/C25H29F3N4O3/c1-3-4-14-31(24(34)29-22-12-6-5-11-21(22)25(26,27)28)18-23(33)32(17-20-10-8-15-35-20)16-19-9-7-13-30(19)2/h5-13,15H,3-4,14,16-18H2,1-2H3,(H,29,34). The molecule has 3 rings (SSSR count). The smallest absolute Gasteiger partial charge is 0.418 e. The van der Waals surface area contributed by atoms with Crippen LogP contribution >= 0.6 is 0 Å². The Balaban J connectivity index is 1.79. The average molecular weight is 491 g/mol. The van der Waals surface area contributed by atoms with Gasteiger partial charge in [0, 0.05) is 25.5 Å². The lowest BCUT2D eigenvalue weighted by molar-refractivity contribution is -0.137. The first-order valence-corrected chi connectivity index (χ1v) is 11.3. The fourth-order valence-electron chi connectivity index (χ4n) is 3.58. The van der Waals surface area contributed by atoms with Gasteiger partial charge in [0.15, 0.2) is 0 Å². The molecule has 2 heterocycles. The molecule has 7 nitrogen and oxygen atoms in total. The van der Waals surface area contributed by atoms with Gasteiger partial charge >= 0.3 is 12.2 Å². The maximum atomic E-state index is 13.4. The number of nitrogens with zero attached hydrogens (tertiary/aromatic N) is 3. The Morgan fingerprint density at radius 2 is 1.80 bits per heavy atom. The summed E-state index contributed by atoms with van der Waals surface area (Å²) in [7, 11) is 1.87. The summed E-state index contributed by atoms with van der Waals surface area (Å²) in [6.07, 6.45) is 0.0978. The first kappa shape index (κ1) is 25.9. The van der Waals surface area contributed by atoms with Crippen LogP contribution in [0.25, 0.3) is 0 Å². The Bertz CT molecular complexity index is 1110. The molecule has 0 radical (unpaired) electrons. The summed E-state index contributed by atoms with van der Waals surface area (Å²) in [5.74, 6) is 0.231. The van der Waals surface area contributed by atoms with Crippen molar-refractivity contribution in [3.8, 4) is 0 Å². The van der Waals surface area contributed by atoms with Gasteiger partial charge in [-0.15, -0.1) is 0 Å². The topological polar surface area (TPSA) is 70.7 Å². The maximum absolute atomic E-state index is 13.4. The molecule has 0 saturated heterocycles. The summed E-state index contributed by atoms with van der Waals surface area (Å²) in [4.78, 5) is 29.1. The normalized spacial score (nSPS) is 11.3. The monoisotopic (exact) mass is 490 g/mol. The molecule has 1 N–H and O–H groups in total. The first-order chi connectivity index (χ1) is 16.7. The van der Waals surface area contributed by atoms with Crippen molar-refractivity contribution in [1.82, 2.24) is 14.4 Å². The number of amides is 3. The van der Waals surface area contributed by atoms with Crippen LogP contribution in [0.1, 0.15) is 36.8 Å². The van der Waals surface area contributed by atoms with Crippen LogP contribution in [-0.2, 0) is 31.1 Å². The van der Waals surface area contributed by atoms with Gasteiger partial charge in [0.05, 0.1) is 30.6 Å². The fraction of sp³-hybridized carbons (Fsp3) is 0.360. The van der Waals surface area contributed by atoms with E-state index in [4.69, 9.17) is 4.42 Å². The lowest BCUT2D eigenvalue weighted by Gasteiger charge is -2.28. The predicted octanol–water partition coefficient (Wildman–Crippen LogP) is 5.50. The summed E-state index contributed by atoms with van der Waals surface area (Å²) in [6.45, 7) is 2.34. The second-order valence-electron chi connectivity index (χ2n) is 8.19. The second-order valence-corrected chi connectivity index (χ2v) is 8.19. The highest BCUT2D eigenvalue weighted by Gasteiger charge is 2.34. The number of carbonyl (C=O) groups is 2. The van der Waals surface area contributed by atoms with Gasteiger partial charge in [-0.2, -0.15) is 13.2 Å². The molecule has 0 aliphatic rings. The molecular weight excluding hydrogens is 461 g/mol. The molecule has 0 spiro atoms. The van der Waals surface area contributed by atoms with Crippen LogP contribution in [0.2, 0.25) is 0 Å². The number of aromatic nitrogens is 1. The van der Waals surface area contributed by atoms with Crippen LogP contribution in [0.4, 0.5) is 23.7 Å². The summed E-state index contributed by atoms with van der Waals surface area (Å²) in [5, 5.41) is 2.34. The Labute approximate surface area is 202 Å². The maximum Gasteiger partial charge on any atom is 0.418 e. The minimum atomic E-state index is -4.62. The molecule has 0 atom stereocenters. The van der Waals surface area contributed by atoms with Gasteiger partial charge in [0.1, 0.15) is 12.3 Å². The van der Waals surface area contributed by atoms with Crippen LogP contribution in [0.5, 0.6) is 0 Å². The third kappa shape index (κ3) is 7.14. The zero-order valence-corrected chi connectivity index (χ0v) is 19.7. The molecule has 1 aromatic carbocycles. The van der Waals surface area contributed by atoms with Crippen LogP contribution in [0.3, 0.4) is 0 Å². The molecule has 35 heavy (non-hydrogen) atoms. The van der Waals surface area contributed by atoms with Gasteiger partial charge in [-0.25, -0.2) is 4.79 Å². The van der Waals surface area contributed by atoms with Crippen molar-refractivity contribution in [3.63, 3.8) is 0 Å². The van der Waals surface area contributed by atoms with Crippen LogP contribution in [0, 0.1) is 0 Å². The Morgan fingerprint density at radius 1 is 1.03 bits per heavy atom. The minimum absolute atomic E-state index is 0.192. The van der Waals surface area contributed by atoms with E-state index < -0.39 is 17.8 Å². The van der Waals surface area contributed by atoms with E-state index in [0.29, 0.717) is 12.2 Å². The highest BCUT2D eigenvalue weighted by Crippen LogP contribution is 2.34. The Morgan fingerprint density at radius 3 is 2.43 bits per heavy atom. The van der Waals surface area contributed by atoms with Crippen LogP contribution < -0.4 is 5.32 Å². The van der Waals surface area contributed by atoms with E-state index in [-0.39, 0.29) is 37.8 Å². The van der Waals surface area contributed by atoms with E-state index in [0.717, 1.165) is 18.2 Å². The summed E-state index contributed by atoms with van der Waals surface area (Å²) in [6, 6.07) is 11.2. The number of furan rings is 1. The second kappa shape index (κ2) is 11.6. The number of rotatable bonds is 10. The highest BCUT2D eigenvalue weighted by atomic mass is 19.4. The molecule has 0 unspecified atom stereocenters. The first-order valence-electron chi connectivity index (χ1n) is 11.3. The molecule has 2 aromatic heterocycles. The number of carbonyl (C=O) groups excluding carboxylic acids is 2. The van der Waals surface area contributed by atoms with Crippen molar-refractivity contribution in [2.75, 3.05) is 18.4 Å². The quantitative estimate of drug-likeness (QED) is 0.408. The zero-order valence-electron chi connectivity index (χ0n) is 19.7. The van der Waals surface area contributed by atoms with E-state index in [2.05, 4.69) is 5.32 Å². The van der Waals surface area contributed by atoms with Crippen molar-refractivity contribution in [2.24, 2.45) is 7.05 Å². The molecule has 10 heteroatoms. The van der Waals surface area contributed by atoms with Gasteiger partial charge in [-0.3, -0.25) is 4.79 Å². The number of aryl methyl sites for hydroxylation is 1. The third-order valence-corrected chi connectivity index (χ3v) is 5.55. The molecule has 0 saturated carbocycles. The number of hydrogen-bond donors (Lipinski definition) is 1. The molecule has 0 aliphatic carbocycles. The minimum Gasteiger partial charge on any atom is -0.467 e. The van der Waals surface area contributed by atoms with Crippen molar-refractivity contribution in [3.05, 3.63) is 78.0 Å². The largest absolute Gasteiger partial charge is 0.467 e. The molecule has 0 aliphatic heterocycles. The van der Waals surface area contributed by atoms with Gasteiger partial charge in [-0.1, -0.05) is 25.5 Å². The number of anilines is 1. The lowest BCUT2D eigenvalue weighted by atomic mass is 10.1. The molecule has 3 aromatic rings. The number of unbranched alkanes of at least 4 members (excludes halogenated alkanes) is 1. The number of nitrogens with one attached hydrogen (secondary N) is 1. The summed E-state index contributed by atoms with van der Waals surface area (Å²) >= 11 is 0. The number of benzene rings is 1. The molecular formula is C25H29F3N4O3. The number of urea groups is 1. The molecule has 188 valence electrons. The number of para-hydroxylation sites is 1. The van der Waals surface area contributed by atoms with Crippen molar-refractivity contribution >= 4 is 17.6 Å². The summed E-state index contributed by atoms with van der Waals surface area (Å²) < 4.78 is 47.4. The third-order valence-electron chi connectivity index (χ3n) is 5.55. The Hall–Kier alpha value is -3.69. The van der Waals surface area contributed by atoms with Crippen molar-refractivity contribution < 1.29 is 27.2 Å². The predicted molar refractivity (Wildman–Crippen MR) is 125 cm³/mol. The number of hydrogen-bond acceptors (Lipinski definition) is 3. The highest BCUT2D eigenvalue weighted by molar-refractivity contribution is 5.93. The molecule has 3 amide bonds. The molecule has 0 fully saturated rings. The van der Waals surface area contributed by atoms with Crippen LogP contribution in [0.15, 0.2) is 65.4 Å². The van der Waals surface area contributed by atoms with E-state index >= 15 is 0 Å². The van der Waals surface area contributed by atoms with Crippen LogP contribution in [-0.4, -0.2) is 39.4 Å². The Kier molecular flexibility index (Phi) is 8.62. The average Bonchev–Trinajstić information content (AvgIpc) is 3.47. The van der Waals surface area contributed by atoms with Crippen molar-refractivity contribution in [1.29, 1.82) is 0 Å².